The van der Waals surface area contributed by atoms with Gasteiger partial charge in [0, 0.05) is 35.6 Å². The van der Waals surface area contributed by atoms with E-state index in [1.165, 1.54) is 5.75 Å². The highest BCUT2D eigenvalue weighted by Gasteiger charge is 2.17. The molecule has 0 aromatic heterocycles. The molecule has 0 aromatic rings. The number of nitrogens with two attached hydrogens (primary N) is 1. The topological polar surface area (TPSA) is 72.2 Å². The van der Waals surface area contributed by atoms with Gasteiger partial charge in [0.1, 0.15) is 0 Å². The molecule has 1 aliphatic rings. The lowest BCUT2D eigenvalue weighted by Crippen LogP contribution is -2.36. The van der Waals surface area contributed by atoms with Crippen molar-refractivity contribution < 1.29 is 8.42 Å². The molecular weight excluding hydrogens is 240 g/mol. The summed E-state index contributed by atoms with van der Waals surface area (Å²) in [5, 5.41) is 0.418. The Balaban J connectivity index is 2.24. The lowest BCUT2D eigenvalue weighted by Gasteiger charge is -2.20. The molecule has 1 unspecified atom stereocenters. The molecule has 0 aromatic carbocycles. The molecule has 3 N–H and O–H groups in total. The smallest absolute Gasteiger partial charge is 0.212 e. The zero-order valence-corrected chi connectivity index (χ0v) is 10.4. The summed E-state index contributed by atoms with van der Waals surface area (Å²) in [6.45, 7) is 0.724. The molecule has 1 saturated heterocycles. The number of rotatable bonds is 5. The van der Waals surface area contributed by atoms with E-state index in [9.17, 15) is 8.42 Å². The minimum absolute atomic E-state index is 0.0253. The molecule has 0 aliphatic carbocycles. The Morgan fingerprint density at radius 3 is 2.79 bits per heavy atom. The zero-order chi connectivity index (χ0) is 10.4. The summed E-state index contributed by atoms with van der Waals surface area (Å²) in [5.74, 6) is 3.36. The normalized spacial score (nSPS) is 23.6. The molecule has 1 rings (SSSR count). The summed E-state index contributed by atoms with van der Waals surface area (Å²) in [6.07, 6.45) is 0. The Morgan fingerprint density at radius 1 is 1.43 bits per heavy atom. The van der Waals surface area contributed by atoms with Crippen molar-refractivity contribution in [3.05, 3.63) is 0 Å². The molecule has 14 heavy (non-hydrogen) atoms. The molecule has 84 valence electrons. The van der Waals surface area contributed by atoms with E-state index in [0.29, 0.717) is 11.8 Å². The van der Waals surface area contributed by atoms with E-state index in [1.807, 2.05) is 23.5 Å². The largest absolute Gasteiger partial charge is 0.329 e. The van der Waals surface area contributed by atoms with E-state index in [0.717, 1.165) is 11.5 Å². The standard InChI is InChI=1S/C7H16N2O2S3/c8-1-4-14(10,11)9-5-7-6-12-2-3-13-7/h7,9H,1-6,8H2. The van der Waals surface area contributed by atoms with E-state index >= 15 is 0 Å². The molecule has 0 bridgehead atoms. The quantitative estimate of drug-likeness (QED) is 0.707. The maximum atomic E-state index is 11.3. The van der Waals surface area contributed by atoms with Crippen LogP contribution < -0.4 is 10.5 Å². The van der Waals surface area contributed by atoms with Crippen molar-refractivity contribution in [3.63, 3.8) is 0 Å². The molecule has 0 radical (unpaired) electrons. The molecule has 1 atom stereocenters. The number of hydrogen-bond acceptors (Lipinski definition) is 5. The van der Waals surface area contributed by atoms with Crippen LogP contribution in [-0.2, 0) is 10.0 Å². The minimum atomic E-state index is -3.13. The van der Waals surface area contributed by atoms with E-state index in [4.69, 9.17) is 5.73 Å². The van der Waals surface area contributed by atoms with Gasteiger partial charge in [0.2, 0.25) is 10.0 Å². The van der Waals surface area contributed by atoms with Gasteiger partial charge in [-0.2, -0.15) is 23.5 Å². The van der Waals surface area contributed by atoms with Crippen molar-refractivity contribution in [2.75, 3.05) is 36.1 Å². The summed E-state index contributed by atoms with van der Waals surface area (Å²) in [6, 6.07) is 0. The van der Waals surface area contributed by atoms with Crippen LogP contribution in [-0.4, -0.2) is 49.8 Å². The summed E-state index contributed by atoms with van der Waals surface area (Å²) in [4.78, 5) is 0. The van der Waals surface area contributed by atoms with Crippen LogP contribution in [0.25, 0.3) is 0 Å². The fraction of sp³-hybridized carbons (Fsp3) is 1.00. The summed E-state index contributed by atoms with van der Waals surface area (Å²) in [7, 11) is -3.13. The van der Waals surface area contributed by atoms with Gasteiger partial charge in [-0.15, -0.1) is 0 Å². The first-order valence-corrected chi connectivity index (χ1v) is 8.36. The highest BCUT2D eigenvalue weighted by atomic mass is 32.2. The SMILES string of the molecule is NCCS(=O)(=O)NCC1CSCCS1. The molecule has 0 amide bonds. The number of hydrogen-bond donors (Lipinski definition) is 2. The lowest BCUT2D eigenvalue weighted by atomic mass is 10.5. The summed E-state index contributed by atoms with van der Waals surface area (Å²) >= 11 is 3.73. The summed E-state index contributed by atoms with van der Waals surface area (Å²) in [5.41, 5.74) is 5.19. The van der Waals surface area contributed by atoms with Gasteiger partial charge in [-0.3, -0.25) is 0 Å². The third-order valence-electron chi connectivity index (χ3n) is 1.80. The number of thioether (sulfide) groups is 2. The van der Waals surface area contributed by atoms with E-state index in [2.05, 4.69) is 4.72 Å². The second-order valence-electron chi connectivity index (χ2n) is 3.02. The van der Waals surface area contributed by atoms with Gasteiger partial charge in [-0.1, -0.05) is 0 Å². The van der Waals surface area contributed by atoms with E-state index in [1.54, 1.807) is 0 Å². The third-order valence-corrected chi connectivity index (χ3v) is 6.03. The fourth-order valence-corrected chi connectivity index (χ4v) is 4.73. The number of nitrogens with one attached hydrogen (secondary N) is 1. The third kappa shape index (κ3) is 4.88. The number of sulfonamides is 1. The highest BCUT2D eigenvalue weighted by Crippen LogP contribution is 2.23. The Labute approximate surface area is 93.8 Å². The second kappa shape index (κ2) is 6.22. The van der Waals surface area contributed by atoms with Crippen LogP contribution in [0.3, 0.4) is 0 Å². The van der Waals surface area contributed by atoms with Gasteiger partial charge in [-0.25, -0.2) is 13.1 Å². The van der Waals surface area contributed by atoms with Crippen molar-refractivity contribution >= 4 is 33.5 Å². The van der Waals surface area contributed by atoms with Crippen LogP contribution in [0, 0.1) is 0 Å². The monoisotopic (exact) mass is 256 g/mol. The van der Waals surface area contributed by atoms with Crippen LogP contribution in [0.4, 0.5) is 0 Å². The van der Waals surface area contributed by atoms with Crippen LogP contribution in [0.1, 0.15) is 0 Å². The predicted octanol–water partition coefficient (Wildman–Crippen LogP) is -0.287. The maximum Gasteiger partial charge on any atom is 0.212 e. The first-order chi connectivity index (χ1) is 6.64. The highest BCUT2D eigenvalue weighted by molar-refractivity contribution is 8.06. The maximum absolute atomic E-state index is 11.3. The van der Waals surface area contributed by atoms with Crippen molar-refractivity contribution in [2.45, 2.75) is 5.25 Å². The van der Waals surface area contributed by atoms with Gasteiger partial charge in [-0.05, 0) is 0 Å². The van der Waals surface area contributed by atoms with Crippen LogP contribution in [0.15, 0.2) is 0 Å². The molecule has 1 heterocycles. The predicted molar refractivity (Wildman–Crippen MR) is 64.4 cm³/mol. The molecule has 1 fully saturated rings. The summed E-state index contributed by atoms with van der Waals surface area (Å²) < 4.78 is 25.1. The van der Waals surface area contributed by atoms with Gasteiger partial charge < -0.3 is 5.73 Å². The Kier molecular flexibility index (Phi) is 5.61. The van der Waals surface area contributed by atoms with Crippen molar-refractivity contribution in [2.24, 2.45) is 5.73 Å². The fourth-order valence-electron chi connectivity index (χ4n) is 1.10. The Morgan fingerprint density at radius 2 is 2.21 bits per heavy atom. The van der Waals surface area contributed by atoms with Gasteiger partial charge in [0.15, 0.2) is 0 Å². The van der Waals surface area contributed by atoms with Gasteiger partial charge >= 0.3 is 0 Å². The Bertz CT molecular complexity index is 250. The van der Waals surface area contributed by atoms with Crippen molar-refractivity contribution in [1.82, 2.24) is 4.72 Å². The minimum Gasteiger partial charge on any atom is -0.329 e. The lowest BCUT2D eigenvalue weighted by molar-refractivity contribution is 0.581. The van der Waals surface area contributed by atoms with Gasteiger partial charge in [0.25, 0.3) is 0 Å². The molecule has 0 saturated carbocycles. The van der Waals surface area contributed by atoms with E-state index in [-0.39, 0.29) is 12.3 Å². The molecule has 0 spiro atoms. The molecule has 4 nitrogen and oxygen atoms in total. The first kappa shape index (κ1) is 12.6. The van der Waals surface area contributed by atoms with Gasteiger partial charge in [0.05, 0.1) is 5.75 Å². The molecule has 1 aliphatic heterocycles. The zero-order valence-electron chi connectivity index (χ0n) is 7.94. The first-order valence-electron chi connectivity index (χ1n) is 4.51. The average Bonchev–Trinajstić information content (AvgIpc) is 2.17. The molecule has 7 heteroatoms. The Hall–Kier alpha value is 0.570. The van der Waals surface area contributed by atoms with E-state index < -0.39 is 10.0 Å². The second-order valence-corrected chi connectivity index (χ2v) is 7.51. The van der Waals surface area contributed by atoms with Crippen LogP contribution in [0.5, 0.6) is 0 Å². The average molecular weight is 256 g/mol. The van der Waals surface area contributed by atoms with Crippen LogP contribution in [0.2, 0.25) is 0 Å². The van der Waals surface area contributed by atoms with Crippen LogP contribution >= 0.6 is 23.5 Å². The molecular formula is C7H16N2O2S3. The van der Waals surface area contributed by atoms with Crippen molar-refractivity contribution in [1.29, 1.82) is 0 Å². The van der Waals surface area contributed by atoms with Crippen molar-refractivity contribution in [3.8, 4) is 0 Å².